The van der Waals surface area contributed by atoms with Crippen molar-refractivity contribution in [3.63, 3.8) is 0 Å². The van der Waals surface area contributed by atoms with Gasteiger partial charge in [0.1, 0.15) is 18.3 Å². The summed E-state index contributed by atoms with van der Waals surface area (Å²) in [4.78, 5) is 2.07. The highest BCUT2D eigenvalue weighted by Gasteiger charge is 2.52. The van der Waals surface area contributed by atoms with Gasteiger partial charge in [0.15, 0.2) is 5.79 Å². The third-order valence-corrected chi connectivity index (χ3v) is 10.3. The van der Waals surface area contributed by atoms with Crippen molar-refractivity contribution in [2.75, 3.05) is 20.1 Å². The third-order valence-electron chi connectivity index (χ3n) is 10.3. The Labute approximate surface area is 303 Å². The Morgan fingerprint density at radius 3 is 1.39 bits per heavy atom. The highest BCUT2D eigenvalue weighted by atomic mass is 16.8. The molecule has 284 valence electrons. The molecule has 2 aliphatic heterocycles. The summed E-state index contributed by atoms with van der Waals surface area (Å²) in [6.45, 7) is 5.65. The zero-order chi connectivity index (χ0) is 35.3. The molecule has 0 spiro atoms. The van der Waals surface area contributed by atoms with Crippen molar-refractivity contribution >= 4 is 0 Å². The SMILES string of the molecule is CCCCC/C=C\C/C=C\CCCCCCCCC1(CCCCCCCC/C=C\C/C=C\CCCCC)O[C@@H]2CN(C)CC(O)C(O)[C@@H]2O1. The molecule has 0 saturated carbocycles. The highest BCUT2D eigenvalue weighted by Crippen LogP contribution is 2.40. The summed E-state index contributed by atoms with van der Waals surface area (Å²) in [5.74, 6) is -0.626. The fourth-order valence-corrected chi connectivity index (χ4v) is 7.28. The van der Waals surface area contributed by atoms with Crippen LogP contribution in [0.15, 0.2) is 48.6 Å². The molecule has 2 fully saturated rings. The van der Waals surface area contributed by atoms with Crippen LogP contribution >= 0.6 is 0 Å². The van der Waals surface area contributed by atoms with Crippen LogP contribution in [0.3, 0.4) is 0 Å². The van der Waals surface area contributed by atoms with Gasteiger partial charge in [-0.05, 0) is 84.1 Å². The van der Waals surface area contributed by atoms with E-state index >= 15 is 0 Å². The number of unbranched alkanes of at least 4 members (excludes halogenated alkanes) is 18. The Balaban J connectivity index is 1.64. The normalized spacial score (nSPS) is 23.1. The lowest BCUT2D eigenvalue weighted by Gasteiger charge is -2.31. The number of likely N-dealkylation sites (tertiary alicyclic amines) is 1. The summed E-state index contributed by atoms with van der Waals surface area (Å²) in [6, 6.07) is 0. The average molecular weight is 686 g/mol. The summed E-state index contributed by atoms with van der Waals surface area (Å²) in [6.07, 6.45) is 47.7. The topological polar surface area (TPSA) is 62.2 Å². The Kier molecular flexibility index (Phi) is 26.3. The van der Waals surface area contributed by atoms with E-state index in [1.165, 1.54) is 128 Å². The van der Waals surface area contributed by atoms with E-state index in [1.54, 1.807) is 0 Å². The van der Waals surface area contributed by atoms with E-state index in [4.69, 9.17) is 9.47 Å². The minimum atomic E-state index is -0.899. The minimum absolute atomic E-state index is 0.189. The predicted octanol–water partition coefficient (Wildman–Crippen LogP) is 11.5. The van der Waals surface area contributed by atoms with Gasteiger partial charge in [-0.3, -0.25) is 0 Å². The van der Waals surface area contributed by atoms with Crippen molar-refractivity contribution in [3.05, 3.63) is 48.6 Å². The second-order valence-electron chi connectivity index (χ2n) is 15.1. The maximum atomic E-state index is 10.9. The molecule has 2 rings (SSSR count). The van der Waals surface area contributed by atoms with Crippen LogP contribution in [0.5, 0.6) is 0 Å². The molecule has 5 heteroatoms. The first-order chi connectivity index (χ1) is 24.0. The lowest BCUT2D eigenvalue weighted by atomic mass is 9.98. The smallest absolute Gasteiger partial charge is 0.169 e. The molecule has 0 aromatic rings. The Morgan fingerprint density at radius 1 is 0.531 bits per heavy atom. The van der Waals surface area contributed by atoms with Crippen molar-refractivity contribution in [1.29, 1.82) is 0 Å². The van der Waals surface area contributed by atoms with Crippen LogP contribution in [-0.4, -0.2) is 65.5 Å². The molecule has 0 aliphatic carbocycles. The van der Waals surface area contributed by atoms with Gasteiger partial charge >= 0.3 is 0 Å². The number of aliphatic hydroxyl groups excluding tert-OH is 2. The van der Waals surface area contributed by atoms with Crippen molar-refractivity contribution < 1.29 is 19.7 Å². The van der Waals surface area contributed by atoms with Gasteiger partial charge in [0, 0.05) is 25.9 Å². The molecular weight excluding hydrogens is 606 g/mol. The number of likely N-dealkylation sites (N-methyl/N-ethyl adjacent to an activating group) is 1. The number of β-amino-alcohol motifs (C(OH)–C–C–N with tert-alkyl or cyclic N) is 1. The van der Waals surface area contributed by atoms with Crippen LogP contribution in [0.2, 0.25) is 0 Å². The Hall–Kier alpha value is -1.24. The zero-order valence-electron chi connectivity index (χ0n) is 32.4. The van der Waals surface area contributed by atoms with Gasteiger partial charge in [-0.15, -0.1) is 0 Å². The van der Waals surface area contributed by atoms with Crippen LogP contribution < -0.4 is 0 Å². The fraction of sp³-hybridized carbons (Fsp3) is 0.818. The first kappa shape index (κ1) is 43.9. The highest BCUT2D eigenvalue weighted by molar-refractivity contribution is 4.97. The number of hydrogen-bond donors (Lipinski definition) is 2. The lowest BCUT2D eigenvalue weighted by molar-refractivity contribution is -0.201. The predicted molar refractivity (Wildman–Crippen MR) is 210 cm³/mol. The second kappa shape index (κ2) is 29.3. The van der Waals surface area contributed by atoms with Crippen LogP contribution in [0.4, 0.5) is 0 Å². The minimum Gasteiger partial charge on any atom is -0.389 e. The van der Waals surface area contributed by atoms with Crippen LogP contribution in [-0.2, 0) is 9.47 Å². The summed E-state index contributed by atoms with van der Waals surface area (Å²) < 4.78 is 13.3. The fourth-order valence-electron chi connectivity index (χ4n) is 7.28. The number of allylic oxidation sites excluding steroid dienone is 8. The van der Waals surface area contributed by atoms with Crippen molar-refractivity contribution in [3.8, 4) is 0 Å². The van der Waals surface area contributed by atoms with Crippen LogP contribution in [0.1, 0.15) is 181 Å². The summed E-state index contributed by atoms with van der Waals surface area (Å²) in [5.41, 5.74) is 0. The maximum absolute atomic E-state index is 10.9. The molecule has 0 amide bonds. The van der Waals surface area contributed by atoms with Gasteiger partial charge in [0.2, 0.25) is 0 Å². The summed E-state index contributed by atoms with van der Waals surface area (Å²) in [5, 5.41) is 21.5. The van der Waals surface area contributed by atoms with Gasteiger partial charge in [-0.1, -0.05) is 140 Å². The average Bonchev–Trinajstić information content (AvgIpc) is 3.40. The van der Waals surface area contributed by atoms with Gasteiger partial charge < -0.3 is 24.6 Å². The molecule has 2 saturated heterocycles. The number of aliphatic hydroxyl groups is 2. The summed E-state index contributed by atoms with van der Waals surface area (Å²) >= 11 is 0. The van der Waals surface area contributed by atoms with Crippen LogP contribution in [0, 0.1) is 0 Å². The first-order valence-corrected chi connectivity index (χ1v) is 21.0. The molecule has 0 bridgehead atoms. The van der Waals surface area contributed by atoms with Gasteiger partial charge in [0.05, 0.1) is 6.10 Å². The zero-order valence-corrected chi connectivity index (χ0v) is 32.4. The van der Waals surface area contributed by atoms with E-state index in [0.29, 0.717) is 13.1 Å². The van der Waals surface area contributed by atoms with Gasteiger partial charge in [-0.2, -0.15) is 0 Å². The molecule has 0 aromatic carbocycles. The molecule has 2 heterocycles. The molecule has 2 unspecified atom stereocenters. The van der Waals surface area contributed by atoms with Crippen LogP contribution in [0.25, 0.3) is 0 Å². The van der Waals surface area contributed by atoms with E-state index < -0.39 is 24.1 Å². The largest absolute Gasteiger partial charge is 0.389 e. The van der Waals surface area contributed by atoms with Crippen molar-refractivity contribution in [1.82, 2.24) is 4.90 Å². The number of fused-ring (bicyclic) bond motifs is 1. The van der Waals surface area contributed by atoms with E-state index in [-0.39, 0.29) is 6.10 Å². The molecule has 4 atom stereocenters. The molecule has 0 aromatic heterocycles. The first-order valence-electron chi connectivity index (χ1n) is 21.0. The quantitative estimate of drug-likeness (QED) is 0.0582. The molecule has 49 heavy (non-hydrogen) atoms. The van der Waals surface area contributed by atoms with Gasteiger partial charge in [0.25, 0.3) is 0 Å². The second-order valence-corrected chi connectivity index (χ2v) is 15.1. The molecular formula is C44H79NO4. The Morgan fingerprint density at radius 2 is 0.939 bits per heavy atom. The monoisotopic (exact) mass is 686 g/mol. The lowest BCUT2D eigenvalue weighted by Crippen LogP contribution is -2.43. The number of ether oxygens (including phenoxy) is 2. The Bertz CT molecular complexity index is 834. The third kappa shape index (κ3) is 21.0. The van der Waals surface area contributed by atoms with Crippen molar-refractivity contribution in [2.24, 2.45) is 0 Å². The van der Waals surface area contributed by atoms with Gasteiger partial charge in [-0.25, -0.2) is 0 Å². The van der Waals surface area contributed by atoms with E-state index in [2.05, 4.69) is 67.4 Å². The number of rotatable bonds is 30. The molecule has 2 N–H and O–H groups in total. The standard InChI is InChI=1S/C44H79NO4/c1-4-6-8-10-12-14-16-18-20-22-24-26-28-30-32-34-36-44(48-41-39-45(3)38-40(46)42(47)43(41)49-44)37-35-33-31-29-27-25-23-21-19-17-15-13-11-9-7-5-2/h12-15,18-21,40-43,46-47H,4-11,16-17,22-39H2,1-3H3/b14-12-,15-13-,20-18-,21-19-/t40?,41-,42?,43-/m1/s1. The number of hydrogen-bond acceptors (Lipinski definition) is 5. The van der Waals surface area contributed by atoms with E-state index in [1.807, 2.05) is 7.05 Å². The number of nitrogens with zero attached hydrogens (tertiary/aromatic N) is 1. The van der Waals surface area contributed by atoms with E-state index in [9.17, 15) is 10.2 Å². The van der Waals surface area contributed by atoms with E-state index in [0.717, 1.165) is 38.5 Å². The molecule has 0 radical (unpaired) electrons. The summed E-state index contributed by atoms with van der Waals surface area (Å²) in [7, 11) is 1.99. The maximum Gasteiger partial charge on any atom is 0.169 e. The van der Waals surface area contributed by atoms with Crippen molar-refractivity contribution in [2.45, 2.75) is 211 Å². The molecule has 2 aliphatic rings. The molecule has 5 nitrogen and oxygen atoms in total.